The van der Waals surface area contributed by atoms with Crippen LogP contribution in [-0.4, -0.2) is 67.2 Å². The van der Waals surface area contributed by atoms with Crippen molar-refractivity contribution in [1.29, 1.82) is 0 Å². The Labute approximate surface area is 123 Å². The van der Waals surface area contributed by atoms with E-state index in [0.29, 0.717) is 19.1 Å². The number of nitrogens with zero attached hydrogens (tertiary/aromatic N) is 2. The molecule has 2 aliphatic heterocycles. The van der Waals surface area contributed by atoms with Crippen LogP contribution in [0.1, 0.15) is 26.2 Å². The lowest BCUT2D eigenvalue weighted by molar-refractivity contribution is -0.181. The van der Waals surface area contributed by atoms with Gasteiger partial charge in [-0.2, -0.15) is 13.2 Å². The molecule has 0 saturated carbocycles. The predicted octanol–water partition coefficient (Wildman–Crippen LogP) is 1.47. The highest BCUT2D eigenvalue weighted by atomic mass is 19.4. The van der Waals surface area contributed by atoms with Crippen molar-refractivity contribution in [3.63, 3.8) is 0 Å². The molecule has 0 aromatic rings. The molecular formula is C14H24F3N3O. The summed E-state index contributed by atoms with van der Waals surface area (Å²) in [5.41, 5.74) is 0. The molecule has 0 aromatic heterocycles. The zero-order chi connectivity index (χ0) is 15.6. The Hall–Kier alpha value is -0.820. The van der Waals surface area contributed by atoms with Gasteiger partial charge in [-0.15, -0.1) is 0 Å². The summed E-state index contributed by atoms with van der Waals surface area (Å²) >= 11 is 0. The molecule has 122 valence electrons. The molecule has 7 heteroatoms. The topological polar surface area (TPSA) is 35.6 Å². The fraction of sp³-hybridized carbons (Fsp3) is 0.929. The third-order valence-electron chi connectivity index (χ3n) is 4.74. The van der Waals surface area contributed by atoms with Crippen molar-refractivity contribution in [3.8, 4) is 0 Å². The van der Waals surface area contributed by atoms with Crippen LogP contribution in [0.25, 0.3) is 0 Å². The Kier molecular flexibility index (Phi) is 5.14. The van der Waals surface area contributed by atoms with E-state index in [0.717, 1.165) is 13.0 Å². The van der Waals surface area contributed by atoms with Crippen LogP contribution in [0.5, 0.6) is 0 Å². The van der Waals surface area contributed by atoms with Gasteiger partial charge in [0.2, 0.25) is 5.91 Å². The van der Waals surface area contributed by atoms with E-state index in [9.17, 15) is 18.0 Å². The molecule has 2 fully saturated rings. The normalized spacial score (nSPS) is 32.2. The average Bonchev–Trinajstić information content (AvgIpc) is 2.46. The van der Waals surface area contributed by atoms with E-state index in [1.807, 2.05) is 7.05 Å². The van der Waals surface area contributed by atoms with Gasteiger partial charge in [-0.25, -0.2) is 0 Å². The van der Waals surface area contributed by atoms with Crippen molar-refractivity contribution in [1.82, 2.24) is 15.1 Å². The maximum Gasteiger partial charge on any atom is 0.393 e. The third-order valence-corrected chi connectivity index (χ3v) is 4.74. The van der Waals surface area contributed by atoms with Gasteiger partial charge in [0, 0.05) is 32.2 Å². The van der Waals surface area contributed by atoms with E-state index in [-0.39, 0.29) is 25.3 Å². The van der Waals surface area contributed by atoms with Crippen LogP contribution in [0.3, 0.4) is 0 Å². The minimum absolute atomic E-state index is 0.0395. The minimum Gasteiger partial charge on any atom is -0.338 e. The molecule has 21 heavy (non-hydrogen) atoms. The van der Waals surface area contributed by atoms with E-state index in [1.165, 1.54) is 0 Å². The average molecular weight is 307 g/mol. The number of halogens is 3. The fourth-order valence-electron chi connectivity index (χ4n) is 3.15. The molecular weight excluding hydrogens is 283 g/mol. The number of rotatable bonds is 2. The lowest BCUT2D eigenvalue weighted by Gasteiger charge is -2.41. The highest BCUT2D eigenvalue weighted by molar-refractivity contribution is 5.82. The molecule has 1 N–H and O–H groups in total. The van der Waals surface area contributed by atoms with Gasteiger partial charge >= 0.3 is 6.18 Å². The quantitative estimate of drug-likeness (QED) is 0.839. The van der Waals surface area contributed by atoms with Crippen molar-refractivity contribution in [2.24, 2.45) is 5.92 Å². The largest absolute Gasteiger partial charge is 0.393 e. The van der Waals surface area contributed by atoms with Crippen LogP contribution in [0, 0.1) is 5.92 Å². The number of carbonyl (C=O) groups is 1. The molecule has 3 atom stereocenters. The Morgan fingerprint density at radius 3 is 2.52 bits per heavy atom. The summed E-state index contributed by atoms with van der Waals surface area (Å²) in [6.07, 6.45) is -2.89. The van der Waals surface area contributed by atoms with E-state index in [2.05, 4.69) is 17.1 Å². The van der Waals surface area contributed by atoms with E-state index in [1.54, 1.807) is 4.90 Å². The van der Waals surface area contributed by atoms with Gasteiger partial charge in [0.1, 0.15) is 0 Å². The van der Waals surface area contributed by atoms with Crippen molar-refractivity contribution in [2.75, 3.05) is 33.2 Å². The van der Waals surface area contributed by atoms with Crippen LogP contribution < -0.4 is 5.32 Å². The summed E-state index contributed by atoms with van der Waals surface area (Å²) in [4.78, 5) is 16.5. The molecule has 2 aliphatic rings. The monoisotopic (exact) mass is 307 g/mol. The predicted molar refractivity (Wildman–Crippen MR) is 73.9 cm³/mol. The molecule has 1 amide bonds. The lowest BCUT2D eigenvalue weighted by Crippen LogP contribution is -2.58. The smallest absolute Gasteiger partial charge is 0.338 e. The highest BCUT2D eigenvalue weighted by Gasteiger charge is 2.43. The zero-order valence-corrected chi connectivity index (χ0v) is 12.6. The first-order chi connectivity index (χ1) is 9.82. The molecule has 4 nitrogen and oxygen atoms in total. The number of hydrogen-bond donors (Lipinski definition) is 1. The molecule has 0 aliphatic carbocycles. The highest BCUT2D eigenvalue weighted by Crippen LogP contribution is 2.32. The second-order valence-electron chi connectivity index (χ2n) is 6.10. The van der Waals surface area contributed by atoms with Gasteiger partial charge in [-0.3, -0.25) is 9.69 Å². The first-order valence-corrected chi connectivity index (χ1v) is 7.62. The van der Waals surface area contributed by atoms with E-state index >= 15 is 0 Å². The van der Waals surface area contributed by atoms with Gasteiger partial charge in [-0.1, -0.05) is 6.92 Å². The number of nitrogens with one attached hydrogen (secondary N) is 1. The first kappa shape index (κ1) is 16.5. The van der Waals surface area contributed by atoms with E-state index in [4.69, 9.17) is 0 Å². The Bertz CT molecular complexity index is 367. The van der Waals surface area contributed by atoms with Gasteiger partial charge in [-0.05, 0) is 26.3 Å². The number of hydrogen-bond acceptors (Lipinski definition) is 3. The second-order valence-corrected chi connectivity index (χ2v) is 6.10. The van der Waals surface area contributed by atoms with Crippen molar-refractivity contribution in [2.45, 2.75) is 44.4 Å². The number of piperidine rings is 1. The fourth-order valence-corrected chi connectivity index (χ4v) is 3.15. The summed E-state index contributed by atoms with van der Waals surface area (Å²) in [5, 5.41) is 2.79. The van der Waals surface area contributed by atoms with Crippen LogP contribution in [0.4, 0.5) is 13.2 Å². The number of likely N-dealkylation sites (N-methyl/N-ethyl adjacent to an activating group) is 1. The first-order valence-electron chi connectivity index (χ1n) is 7.62. The van der Waals surface area contributed by atoms with Crippen LogP contribution >= 0.6 is 0 Å². The van der Waals surface area contributed by atoms with Gasteiger partial charge in [0.05, 0.1) is 12.0 Å². The van der Waals surface area contributed by atoms with Crippen LogP contribution in [-0.2, 0) is 4.79 Å². The molecule has 2 heterocycles. The summed E-state index contributed by atoms with van der Waals surface area (Å²) < 4.78 is 37.9. The third kappa shape index (κ3) is 3.88. The standard InChI is InChI=1S/C14H24F3N3O/c1-3-11-9-20(7-6-19(11)2)13(21)12-5-4-10(8-18-12)14(15,16)17/h10-12,18H,3-9H2,1-2H3. The van der Waals surface area contributed by atoms with Crippen molar-refractivity contribution in [3.05, 3.63) is 0 Å². The second kappa shape index (κ2) is 6.52. The summed E-state index contributed by atoms with van der Waals surface area (Å²) in [6.45, 7) is 4.09. The molecule has 0 bridgehead atoms. The summed E-state index contributed by atoms with van der Waals surface area (Å²) in [5.74, 6) is -1.36. The summed E-state index contributed by atoms with van der Waals surface area (Å²) in [7, 11) is 2.04. The Morgan fingerprint density at radius 1 is 1.29 bits per heavy atom. The number of carbonyl (C=O) groups excluding carboxylic acids is 1. The maximum absolute atomic E-state index is 12.6. The lowest BCUT2D eigenvalue weighted by atomic mass is 9.93. The minimum atomic E-state index is -4.16. The van der Waals surface area contributed by atoms with Crippen LogP contribution in [0.2, 0.25) is 0 Å². The number of piperazine rings is 1. The van der Waals surface area contributed by atoms with Gasteiger partial charge in [0.25, 0.3) is 0 Å². The molecule has 2 rings (SSSR count). The molecule has 0 spiro atoms. The number of alkyl halides is 3. The molecule has 0 radical (unpaired) electrons. The van der Waals surface area contributed by atoms with Crippen molar-refractivity contribution < 1.29 is 18.0 Å². The number of amides is 1. The van der Waals surface area contributed by atoms with Crippen LogP contribution in [0.15, 0.2) is 0 Å². The van der Waals surface area contributed by atoms with E-state index < -0.39 is 18.1 Å². The molecule has 3 unspecified atom stereocenters. The van der Waals surface area contributed by atoms with Gasteiger partial charge in [0.15, 0.2) is 0 Å². The maximum atomic E-state index is 12.6. The molecule has 0 aromatic carbocycles. The zero-order valence-electron chi connectivity index (χ0n) is 12.6. The Morgan fingerprint density at radius 2 is 2.00 bits per heavy atom. The van der Waals surface area contributed by atoms with Crippen molar-refractivity contribution >= 4 is 5.91 Å². The van der Waals surface area contributed by atoms with Gasteiger partial charge < -0.3 is 10.2 Å². The summed E-state index contributed by atoms with van der Waals surface area (Å²) in [6, 6.07) is -0.112. The SMILES string of the molecule is CCC1CN(C(=O)C2CCC(C(F)(F)F)CN2)CCN1C. The molecule has 2 saturated heterocycles. The Balaban J connectivity index is 1.87.